The van der Waals surface area contributed by atoms with E-state index in [0.29, 0.717) is 12.1 Å². The van der Waals surface area contributed by atoms with Crippen molar-refractivity contribution in [1.82, 2.24) is 0 Å². The summed E-state index contributed by atoms with van der Waals surface area (Å²) >= 11 is 0. The lowest BCUT2D eigenvalue weighted by Crippen LogP contribution is -2.24. The molecule has 0 atom stereocenters. The highest BCUT2D eigenvalue weighted by Crippen LogP contribution is 2.26. The first kappa shape index (κ1) is 14.5. The molecule has 0 radical (unpaired) electrons. The monoisotopic (exact) mass is 250 g/mol. The number of aliphatic hydroxyl groups excluding tert-OH is 1. The number of hydrogen-bond donors (Lipinski definition) is 2. The van der Waals surface area contributed by atoms with Gasteiger partial charge in [-0.2, -0.15) is 0 Å². The predicted octanol–water partition coefficient (Wildman–Crippen LogP) is 2.09. The molecule has 0 unspecified atom stereocenters. The van der Waals surface area contributed by atoms with E-state index in [0.717, 1.165) is 24.2 Å². The fourth-order valence-corrected chi connectivity index (χ4v) is 1.82. The van der Waals surface area contributed by atoms with Crippen LogP contribution in [0.5, 0.6) is 0 Å². The van der Waals surface area contributed by atoms with Crippen LogP contribution in [-0.2, 0) is 4.79 Å². The zero-order chi connectivity index (χ0) is 13.7. The third kappa shape index (κ3) is 4.04. The van der Waals surface area contributed by atoms with Crippen molar-refractivity contribution >= 4 is 17.3 Å². The summed E-state index contributed by atoms with van der Waals surface area (Å²) in [5.74, 6) is 0.207. The van der Waals surface area contributed by atoms with Gasteiger partial charge in [-0.15, -0.1) is 0 Å². The normalized spacial score (nSPS) is 14.7. The van der Waals surface area contributed by atoms with Crippen molar-refractivity contribution in [2.45, 2.75) is 39.7 Å². The third-order valence-corrected chi connectivity index (χ3v) is 2.60. The Morgan fingerprint density at radius 2 is 2.00 bits per heavy atom. The van der Waals surface area contributed by atoms with E-state index in [4.69, 9.17) is 10.8 Å². The van der Waals surface area contributed by atoms with E-state index in [1.807, 2.05) is 30.0 Å². The van der Waals surface area contributed by atoms with Crippen molar-refractivity contribution in [3.8, 4) is 0 Å². The topological polar surface area (TPSA) is 66.6 Å². The van der Waals surface area contributed by atoms with E-state index in [1.165, 1.54) is 0 Å². The minimum atomic E-state index is -0.167. The molecule has 1 amide bonds. The Balaban J connectivity index is 0.000000357. The summed E-state index contributed by atoms with van der Waals surface area (Å²) in [6.45, 7) is 6.27. The molecule has 1 heterocycles. The number of aryl methyl sites for hydroxylation is 1. The van der Waals surface area contributed by atoms with Crippen LogP contribution in [0, 0.1) is 6.92 Å². The summed E-state index contributed by atoms with van der Waals surface area (Å²) in [4.78, 5) is 13.3. The van der Waals surface area contributed by atoms with Crippen LogP contribution in [0.2, 0.25) is 0 Å². The average Bonchev–Trinajstić information content (AvgIpc) is 2.67. The summed E-state index contributed by atoms with van der Waals surface area (Å²) in [6, 6.07) is 5.69. The molecule has 1 fully saturated rings. The van der Waals surface area contributed by atoms with E-state index >= 15 is 0 Å². The van der Waals surface area contributed by atoms with Crippen LogP contribution in [0.25, 0.3) is 0 Å². The standard InChI is InChI=1S/C11H14N2O.C3H8O/c1-8-4-5-9(12)7-10(8)13-6-2-3-11(13)14;1-3(2)4/h4-5,7H,2-3,6,12H2,1H3;3-4H,1-2H3. The average molecular weight is 250 g/mol. The molecular formula is C14H22N2O2. The summed E-state index contributed by atoms with van der Waals surface area (Å²) in [5, 5.41) is 8.06. The van der Waals surface area contributed by atoms with Crippen molar-refractivity contribution in [2.24, 2.45) is 0 Å². The highest BCUT2D eigenvalue weighted by Gasteiger charge is 2.22. The largest absolute Gasteiger partial charge is 0.399 e. The van der Waals surface area contributed by atoms with Crippen LogP contribution in [0.4, 0.5) is 11.4 Å². The zero-order valence-electron chi connectivity index (χ0n) is 11.3. The smallest absolute Gasteiger partial charge is 0.227 e. The van der Waals surface area contributed by atoms with Crippen molar-refractivity contribution in [2.75, 3.05) is 17.2 Å². The number of nitrogens with two attached hydrogens (primary N) is 1. The Kier molecular flexibility index (Phi) is 5.16. The van der Waals surface area contributed by atoms with Gasteiger partial charge in [-0.25, -0.2) is 0 Å². The Hall–Kier alpha value is -1.55. The number of nitrogen functional groups attached to an aromatic ring is 1. The Labute approximate surface area is 108 Å². The first-order valence-electron chi connectivity index (χ1n) is 6.26. The van der Waals surface area contributed by atoms with Crippen molar-refractivity contribution in [3.05, 3.63) is 23.8 Å². The molecule has 100 valence electrons. The van der Waals surface area contributed by atoms with Gasteiger partial charge in [-0.1, -0.05) is 6.07 Å². The number of rotatable bonds is 1. The van der Waals surface area contributed by atoms with Gasteiger partial charge in [0.2, 0.25) is 5.91 Å². The lowest BCUT2D eigenvalue weighted by Gasteiger charge is -2.18. The van der Waals surface area contributed by atoms with Crippen LogP contribution < -0.4 is 10.6 Å². The number of anilines is 2. The highest BCUT2D eigenvalue weighted by molar-refractivity contribution is 5.96. The second-order valence-corrected chi connectivity index (χ2v) is 4.79. The second-order valence-electron chi connectivity index (χ2n) is 4.79. The molecule has 0 saturated carbocycles. The van der Waals surface area contributed by atoms with Gasteiger partial charge in [0, 0.05) is 30.4 Å². The number of carbonyl (C=O) groups is 1. The lowest BCUT2D eigenvalue weighted by atomic mass is 10.1. The second kappa shape index (κ2) is 6.40. The predicted molar refractivity (Wildman–Crippen MR) is 74.5 cm³/mol. The molecule has 1 saturated heterocycles. The maximum absolute atomic E-state index is 11.5. The molecule has 1 aromatic rings. The molecule has 0 spiro atoms. The molecule has 4 nitrogen and oxygen atoms in total. The van der Waals surface area contributed by atoms with Gasteiger partial charge in [0.25, 0.3) is 0 Å². The van der Waals surface area contributed by atoms with Crippen LogP contribution in [-0.4, -0.2) is 23.7 Å². The van der Waals surface area contributed by atoms with Gasteiger partial charge in [0.1, 0.15) is 0 Å². The maximum Gasteiger partial charge on any atom is 0.227 e. The Morgan fingerprint density at radius 1 is 1.39 bits per heavy atom. The van der Waals surface area contributed by atoms with Crippen LogP contribution in [0.3, 0.4) is 0 Å². The fraction of sp³-hybridized carbons (Fsp3) is 0.500. The van der Waals surface area contributed by atoms with Crippen LogP contribution in [0.1, 0.15) is 32.3 Å². The third-order valence-electron chi connectivity index (χ3n) is 2.60. The van der Waals surface area contributed by atoms with Gasteiger partial charge >= 0.3 is 0 Å². The molecule has 1 aliphatic rings. The van der Waals surface area contributed by atoms with Crippen molar-refractivity contribution in [1.29, 1.82) is 0 Å². The molecule has 18 heavy (non-hydrogen) atoms. The van der Waals surface area contributed by atoms with Crippen molar-refractivity contribution < 1.29 is 9.90 Å². The number of amides is 1. The number of benzene rings is 1. The number of aliphatic hydroxyl groups is 1. The van der Waals surface area contributed by atoms with E-state index in [9.17, 15) is 4.79 Å². The molecule has 1 aromatic carbocycles. The van der Waals surface area contributed by atoms with Crippen LogP contribution >= 0.6 is 0 Å². The van der Waals surface area contributed by atoms with Gasteiger partial charge in [0.05, 0.1) is 0 Å². The van der Waals surface area contributed by atoms with Crippen LogP contribution in [0.15, 0.2) is 18.2 Å². The summed E-state index contributed by atoms with van der Waals surface area (Å²) in [6.07, 6.45) is 1.45. The minimum absolute atomic E-state index is 0.167. The molecule has 0 aliphatic carbocycles. The van der Waals surface area contributed by atoms with Gasteiger partial charge in [0.15, 0.2) is 0 Å². The first-order chi connectivity index (χ1) is 8.41. The van der Waals surface area contributed by atoms with E-state index < -0.39 is 0 Å². The molecule has 4 heteroatoms. The zero-order valence-corrected chi connectivity index (χ0v) is 11.3. The Morgan fingerprint density at radius 3 is 2.50 bits per heavy atom. The number of carbonyl (C=O) groups excluding carboxylic acids is 1. The molecule has 3 N–H and O–H groups in total. The molecule has 2 rings (SSSR count). The minimum Gasteiger partial charge on any atom is -0.399 e. The maximum atomic E-state index is 11.5. The summed E-state index contributed by atoms with van der Waals surface area (Å²) in [5.41, 5.74) is 8.49. The highest BCUT2D eigenvalue weighted by atomic mass is 16.3. The van der Waals surface area contributed by atoms with E-state index in [2.05, 4.69) is 0 Å². The molecule has 0 bridgehead atoms. The number of nitrogens with zero attached hydrogens (tertiary/aromatic N) is 1. The fourth-order valence-electron chi connectivity index (χ4n) is 1.82. The van der Waals surface area contributed by atoms with Gasteiger partial charge < -0.3 is 15.7 Å². The quantitative estimate of drug-likeness (QED) is 0.750. The SMILES string of the molecule is CC(C)O.Cc1ccc(N)cc1N1CCCC1=O. The van der Waals surface area contributed by atoms with Crippen molar-refractivity contribution in [3.63, 3.8) is 0 Å². The lowest BCUT2D eigenvalue weighted by molar-refractivity contribution is -0.117. The van der Waals surface area contributed by atoms with Gasteiger partial charge in [-0.3, -0.25) is 4.79 Å². The Bertz CT molecular complexity index is 414. The first-order valence-corrected chi connectivity index (χ1v) is 6.26. The summed E-state index contributed by atoms with van der Waals surface area (Å²) < 4.78 is 0. The number of hydrogen-bond acceptors (Lipinski definition) is 3. The molecular weight excluding hydrogens is 228 g/mol. The van der Waals surface area contributed by atoms with E-state index in [-0.39, 0.29) is 12.0 Å². The summed E-state index contributed by atoms with van der Waals surface area (Å²) in [7, 11) is 0. The van der Waals surface area contributed by atoms with Gasteiger partial charge in [-0.05, 0) is 44.9 Å². The van der Waals surface area contributed by atoms with E-state index in [1.54, 1.807) is 13.8 Å². The molecule has 1 aliphatic heterocycles. The molecule has 0 aromatic heterocycles.